The molecule has 8 heteroatoms. The number of hydrogen-bond acceptors (Lipinski definition) is 6. The highest BCUT2D eigenvalue weighted by Gasteiger charge is 2.54. The molecule has 0 spiro atoms. The van der Waals surface area contributed by atoms with Crippen molar-refractivity contribution in [1.29, 1.82) is 0 Å². The lowest BCUT2D eigenvalue weighted by Crippen LogP contribution is -2.57. The van der Waals surface area contributed by atoms with Crippen LogP contribution in [0.1, 0.15) is 24.0 Å². The standard InChI is InChI=1S/C25H31N3O5/c1-27-23(30)25(26-24(27)31,15-17-6-4-8-20(14-17)32-2)19-10-12-28(13-11-19)16-18-7-5-9-21(33-3)22(18)29/h4-9,14,19,29H,10-13,15-16H2,1-3H3,(H,26,31). The van der Waals surface area contributed by atoms with Crippen LogP contribution in [0.4, 0.5) is 4.79 Å². The van der Waals surface area contributed by atoms with Gasteiger partial charge in [-0.15, -0.1) is 0 Å². The van der Waals surface area contributed by atoms with Crippen LogP contribution < -0.4 is 14.8 Å². The molecule has 0 radical (unpaired) electrons. The Labute approximate surface area is 194 Å². The molecule has 0 saturated carbocycles. The highest BCUT2D eigenvalue weighted by atomic mass is 16.5. The van der Waals surface area contributed by atoms with Crippen molar-refractivity contribution in [2.75, 3.05) is 34.4 Å². The van der Waals surface area contributed by atoms with Crippen LogP contribution in [-0.4, -0.2) is 66.7 Å². The van der Waals surface area contributed by atoms with E-state index in [9.17, 15) is 14.7 Å². The van der Waals surface area contributed by atoms with Gasteiger partial charge in [0.25, 0.3) is 5.91 Å². The first-order chi connectivity index (χ1) is 15.9. The maximum atomic E-state index is 13.3. The number of carbonyl (C=O) groups is 2. The van der Waals surface area contributed by atoms with E-state index >= 15 is 0 Å². The molecule has 2 fully saturated rings. The number of aromatic hydroxyl groups is 1. The molecule has 2 aliphatic rings. The number of amides is 3. The Hall–Kier alpha value is -3.26. The SMILES string of the molecule is COc1cccc(CC2(C3CCN(Cc4cccc(OC)c4O)CC3)NC(=O)N(C)C2=O)c1. The first kappa shape index (κ1) is 22.9. The number of methoxy groups -OCH3 is 2. The zero-order valence-corrected chi connectivity index (χ0v) is 19.3. The van der Waals surface area contributed by atoms with E-state index in [1.165, 1.54) is 19.1 Å². The highest BCUT2D eigenvalue weighted by molar-refractivity contribution is 6.07. The van der Waals surface area contributed by atoms with Gasteiger partial charge in [0.05, 0.1) is 14.2 Å². The predicted molar refractivity (Wildman–Crippen MR) is 123 cm³/mol. The first-order valence-corrected chi connectivity index (χ1v) is 11.2. The Morgan fingerprint density at radius 2 is 1.82 bits per heavy atom. The molecule has 2 aromatic carbocycles. The van der Waals surface area contributed by atoms with E-state index in [1.54, 1.807) is 13.2 Å². The minimum Gasteiger partial charge on any atom is -0.504 e. The number of hydrogen-bond donors (Lipinski definition) is 2. The summed E-state index contributed by atoms with van der Waals surface area (Å²) in [4.78, 5) is 29.3. The average Bonchev–Trinajstić information content (AvgIpc) is 3.05. The largest absolute Gasteiger partial charge is 0.504 e. The molecule has 2 heterocycles. The Bertz CT molecular complexity index is 1030. The molecule has 3 amide bonds. The number of piperidine rings is 1. The molecular weight excluding hydrogens is 422 g/mol. The molecule has 0 aliphatic carbocycles. The maximum Gasteiger partial charge on any atom is 0.324 e. The van der Waals surface area contributed by atoms with Crippen LogP contribution in [0, 0.1) is 5.92 Å². The third-order valence-corrected chi connectivity index (χ3v) is 6.92. The lowest BCUT2D eigenvalue weighted by Gasteiger charge is -2.41. The van der Waals surface area contributed by atoms with E-state index in [1.807, 2.05) is 36.4 Å². The zero-order chi connectivity index (χ0) is 23.6. The number of urea groups is 1. The van der Waals surface area contributed by atoms with Crippen molar-refractivity contribution in [3.63, 3.8) is 0 Å². The van der Waals surface area contributed by atoms with Crippen molar-refractivity contribution >= 4 is 11.9 Å². The molecule has 2 saturated heterocycles. The van der Waals surface area contributed by atoms with Crippen LogP contribution in [-0.2, 0) is 17.8 Å². The summed E-state index contributed by atoms with van der Waals surface area (Å²) < 4.78 is 10.6. The molecular formula is C25H31N3O5. The van der Waals surface area contributed by atoms with Gasteiger partial charge in [-0.25, -0.2) is 4.79 Å². The maximum absolute atomic E-state index is 13.3. The Morgan fingerprint density at radius 3 is 2.45 bits per heavy atom. The topological polar surface area (TPSA) is 91.3 Å². The number of nitrogens with one attached hydrogen (secondary N) is 1. The van der Waals surface area contributed by atoms with Crippen LogP contribution in [0.2, 0.25) is 0 Å². The van der Waals surface area contributed by atoms with Crippen molar-refractivity contribution < 1.29 is 24.2 Å². The van der Waals surface area contributed by atoms with Crippen LogP contribution in [0.15, 0.2) is 42.5 Å². The smallest absolute Gasteiger partial charge is 0.324 e. The number of ether oxygens (including phenoxy) is 2. The molecule has 2 aromatic rings. The summed E-state index contributed by atoms with van der Waals surface area (Å²) in [5, 5.41) is 13.5. The normalized spacial score (nSPS) is 21.8. The summed E-state index contributed by atoms with van der Waals surface area (Å²) in [6.45, 7) is 2.11. The monoisotopic (exact) mass is 453 g/mol. The summed E-state index contributed by atoms with van der Waals surface area (Å²) in [6, 6.07) is 12.8. The molecule has 176 valence electrons. The van der Waals surface area contributed by atoms with Crippen molar-refractivity contribution in [2.45, 2.75) is 31.3 Å². The van der Waals surface area contributed by atoms with Gasteiger partial charge in [0.1, 0.15) is 11.3 Å². The quantitative estimate of drug-likeness (QED) is 0.627. The fraction of sp³-hybridized carbons (Fsp3) is 0.440. The number of carbonyl (C=O) groups excluding carboxylic acids is 2. The first-order valence-electron chi connectivity index (χ1n) is 11.2. The highest BCUT2D eigenvalue weighted by Crippen LogP contribution is 2.37. The number of likely N-dealkylation sites (tertiary alicyclic amines) is 1. The predicted octanol–water partition coefficient (Wildman–Crippen LogP) is 2.78. The van der Waals surface area contributed by atoms with Gasteiger partial charge in [-0.1, -0.05) is 24.3 Å². The van der Waals surface area contributed by atoms with Gasteiger partial charge in [-0.3, -0.25) is 14.6 Å². The summed E-state index contributed by atoms with van der Waals surface area (Å²) in [5.41, 5.74) is 0.786. The van der Waals surface area contributed by atoms with E-state index in [2.05, 4.69) is 10.2 Å². The van der Waals surface area contributed by atoms with E-state index < -0.39 is 5.54 Å². The minimum atomic E-state index is -0.970. The minimum absolute atomic E-state index is 0.000238. The fourth-order valence-electron chi connectivity index (χ4n) is 5.05. The van der Waals surface area contributed by atoms with Crippen molar-refractivity contribution in [2.24, 2.45) is 5.92 Å². The number of likely N-dealkylation sites (N-methyl/N-ethyl adjacent to an activating group) is 1. The van der Waals surface area contributed by atoms with Crippen LogP contribution in [0.5, 0.6) is 17.2 Å². The molecule has 33 heavy (non-hydrogen) atoms. The number of benzene rings is 2. The number of phenolic OH excluding ortho intramolecular Hbond substituents is 1. The van der Waals surface area contributed by atoms with Gasteiger partial charge in [0, 0.05) is 25.6 Å². The third-order valence-electron chi connectivity index (χ3n) is 6.92. The number of imide groups is 1. The second-order valence-electron chi connectivity index (χ2n) is 8.81. The third kappa shape index (κ3) is 4.35. The molecule has 1 unspecified atom stereocenters. The van der Waals surface area contributed by atoms with Gasteiger partial charge in [-0.2, -0.15) is 0 Å². The average molecular weight is 454 g/mol. The molecule has 0 bridgehead atoms. The fourth-order valence-corrected chi connectivity index (χ4v) is 5.05. The zero-order valence-electron chi connectivity index (χ0n) is 19.3. The number of phenols is 1. The number of para-hydroxylation sites is 1. The molecule has 0 aromatic heterocycles. The molecule has 2 N–H and O–H groups in total. The van der Waals surface area contributed by atoms with Gasteiger partial charge in [0.2, 0.25) is 0 Å². The lowest BCUT2D eigenvalue weighted by atomic mass is 9.74. The molecule has 4 rings (SSSR count). The molecule has 2 aliphatic heterocycles. The Kier molecular flexibility index (Phi) is 6.47. The number of rotatable bonds is 7. The lowest BCUT2D eigenvalue weighted by molar-refractivity contribution is -0.133. The summed E-state index contributed by atoms with van der Waals surface area (Å²) in [6.07, 6.45) is 1.93. The van der Waals surface area contributed by atoms with Crippen LogP contribution >= 0.6 is 0 Å². The van der Waals surface area contributed by atoms with E-state index in [-0.39, 0.29) is 23.6 Å². The van der Waals surface area contributed by atoms with Crippen molar-refractivity contribution in [3.05, 3.63) is 53.6 Å². The van der Waals surface area contributed by atoms with E-state index in [0.29, 0.717) is 18.7 Å². The van der Waals surface area contributed by atoms with Crippen molar-refractivity contribution in [3.8, 4) is 17.2 Å². The number of nitrogens with zero attached hydrogens (tertiary/aromatic N) is 2. The van der Waals surface area contributed by atoms with Gasteiger partial charge >= 0.3 is 6.03 Å². The van der Waals surface area contributed by atoms with Crippen LogP contribution in [0.25, 0.3) is 0 Å². The van der Waals surface area contributed by atoms with Crippen LogP contribution in [0.3, 0.4) is 0 Å². The molecule has 8 nitrogen and oxygen atoms in total. The summed E-state index contributed by atoms with van der Waals surface area (Å²) >= 11 is 0. The Balaban J connectivity index is 1.51. The van der Waals surface area contributed by atoms with Gasteiger partial charge in [-0.05, 0) is 55.6 Å². The second kappa shape index (κ2) is 9.31. The second-order valence-corrected chi connectivity index (χ2v) is 8.81. The summed E-state index contributed by atoms with van der Waals surface area (Å²) in [5.74, 6) is 1.17. The van der Waals surface area contributed by atoms with Gasteiger partial charge in [0.15, 0.2) is 11.5 Å². The van der Waals surface area contributed by atoms with E-state index in [4.69, 9.17) is 9.47 Å². The Morgan fingerprint density at radius 1 is 1.09 bits per heavy atom. The van der Waals surface area contributed by atoms with Crippen molar-refractivity contribution in [1.82, 2.24) is 15.1 Å². The van der Waals surface area contributed by atoms with E-state index in [0.717, 1.165) is 42.8 Å². The molecule has 1 atom stereocenters. The van der Waals surface area contributed by atoms with Gasteiger partial charge < -0.3 is 19.9 Å². The summed E-state index contributed by atoms with van der Waals surface area (Å²) in [7, 11) is 4.68.